The van der Waals surface area contributed by atoms with Crippen molar-refractivity contribution in [2.24, 2.45) is 5.92 Å². The number of amides is 1. The zero-order valence-corrected chi connectivity index (χ0v) is 26.9. The minimum Gasteiger partial charge on any atom is -0.496 e. The number of nitrogens with one attached hydrogen (secondary N) is 1. The maximum absolute atomic E-state index is 15.6. The van der Waals surface area contributed by atoms with Crippen molar-refractivity contribution in [2.45, 2.75) is 57.2 Å². The Morgan fingerprint density at radius 1 is 1.09 bits per heavy atom. The molecule has 2 unspecified atom stereocenters. The van der Waals surface area contributed by atoms with Crippen LogP contribution in [-0.2, 0) is 16.1 Å². The summed E-state index contributed by atoms with van der Waals surface area (Å²) in [4.78, 5) is 33.4. The smallest absolute Gasteiger partial charge is 0.341 e. The molecule has 236 valence electrons. The van der Waals surface area contributed by atoms with Crippen LogP contribution in [0.25, 0.3) is 11.0 Å². The molecule has 1 N–H and O–H groups in total. The van der Waals surface area contributed by atoms with Crippen LogP contribution in [-0.4, -0.2) is 59.2 Å². The number of fused-ring (bicyclic) bond motifs is 1. The number of imidazole rings is 1. The first-order valence-electron chi connectivity index (χ1n) is 15.1. The first-order valence-corrected chi connectivity index (χ1v) is 15.8. The highest BCUT2D eigenvalue weighted by Crippen LogP contribution is 2.44. The summed E-state index contributed by atoms with van der Waals surface area (Å²) < 4.78 is 28.1. The summed E-state index contributed by atoms with van der Waals surface area (Å²) in [7, 11) is 2.84. The van der Waals surface area contributed by atoms with Gasteiger partial charge in [-0.25, -0.2) is 14.2 Å². The lowest BCUT2D eigenvalue weighted by atomic mass is 9.89. The molecule has 3 atom stereocenters. The van der Waals surface area contributed by atoms with Crippen LogP contribution in [0.3, 0.4) is 0 Å². The normalized spacial score (nSPS) is 20.0. The van der Waals surface area contributed by atoms with Crippen molar-refractivity contribution in [3.8, 4) is 5.75 Å². The molecule has 0 bridgehead atoms. The molecule has 0 radical (unpaired) electrons. The molecule has 6 rings (SSSR count). The van der Waals surface area contributed by atoms with Crippen molar-refractivity contribution in [3.05, 3.63) is 87.4 Å². The van der Waals surface area contributed by atoms with Gasteiger partial charge in [-0.3, -0.25) is 9.69 Å². The van der Waals surface area contributed by atoms with E-state index < -0.39 is 23.7 Å². The largest absolute Gasteiger partial charge is 0.496 e. The highest BCUT2D eigenvalue weighted by molar-refractivity contribution is 6.31. The van der Waals surface area contributed by atoms with Crippen LogP contribution in [0.15, 0.2) is 54.6 Å². The van der Waals surface area contributed by atoms with Gasteiger partial charge in [-0.1, -0.05) is 41.4 Å². The maximum Gasteiger partial charge on any atom is 0.341 e. The van der Waals surface area contributed by atoms with Crippen molar-refractivity contribution in [2.75, 3.05) is 26.1 Å². The third-order valence-corrected chi connectivity index (χ3v) is 9.52. The standard InChI is InChI=1S/C34H35Cl2FN4O4/c1-19-38-28-16-26(34(43)45-3)30(44-2)17-29(28)40(19)13-12-23-15-25(24-8-5-9-27(36)31(24)37)32(41(23)18-20-10-11-20)33(42)39-22-7-4-6-21(35)14-22/h4-9,14,16-17,20,23,25,32H,10-13,15,18H2,1-3H3,(H,39,42)/t23-,25?,32?/m0/s1. The van der Waals surface area contributed by atoms with Gasteiger partial charge in [0.25, 0.3) is 0 Å². The Kier molecular flexibility index (Phi) is 9.04. The van der Waals surface area contributed by atoms with Crippen LogP contribution in [0.1, 0.15) is 53.3 Å². The van der Waals surface area contributed by atoms with Gasteiger partial charge in [0.15, 0.2) is 0 Å². The lowest BCUT2D eigenvalue weighted by molar-refractivity contribution is -0.121. The van der Waals surface area contributed by atoms with Crippen LogP contribution >= 0.6 is 23.2 Å². The fourth-order valence-corrected chi connectivity index (χ4v) is 7.02. The molecule has 1 aromatic heterocycles. The summed E-state index contributed by atoms with van der Waals surface area (Å²) in [6.07, 6.45) is 3.49. The fraction of sp³-hybridized carbons (Fsp3) is 0.382. The van der Waals surface area contributed by atoms with E-state index in [1.807, 2.05) is 13.0 Å². The Hall–Kier alpha value is -3.66. The summed E-state index contributed by atoms with van der Waals surface area (Å²) in [6, 6.07) is 14.9. The first-order chi connectivity index (χ1) is 21.7. The number of carbonyl (C=O) groups is 2. The van der Waals surface area contributed by atoms with Crippen LogP contribution < -0.4 is 10.1 Å². The highest BCUT2D eigenvalue weighted by Gasteiger charge is 2.48. The number of benzene rings is 3. The number of methoxy groups -OCH3 is 2. The molecule has 0 spiro atoms. The van der Waals surface area contributed by atoms with E-state index in [1.54, 1.807) is 42.5 Å². The second-order valence-electron chi connectivity index (χ2n) is 11.9. The number of hydrogen-bond acceptors (Lipinski definition) is 6. The molecule has 2 heterocycles. The van der Waals surface area contributed by atoms with E-state index >= 15 is 4.39 Å². The quantitative estimate of drug-likeness (QED) is 0.182. The number of halogens is 3. The molecular formula is C34H35Cl2FN4O4. The van der Waals surface area contributed by atoms with Gasteiger partial charge in [-0.15, -0.1) is 0 Å². The number of hydrogen-bond donors (Lipinski definition) is 1. The van der Waals surface area contributed by atoms with Gasteiger partial charge in [-0.05, 0) is 74.4 Å². The Balaban J connectivity index is 1.34. The number of carbonyl (C=O) groups excluding carboxylic acids is 2. The van der Waals surface area contributed by atoms with Crippen molar-refractivity contribution in [1.29, 1.82) is 0 Å². The SMILES string of the molecule is COC(=O)c1cc2nc(C)n(CC[C@H]3CC(c4cccc(Cl)c4F)C(C(=O)Nc4cccc(Cl)c4)N3CC3CC3)c2cc1OC. The molecule has 3 aromatic carbocycles. The fourth-order valence-electron chi connectivity index (χ4n) is 6.65. The van der Waals surface area contributed by atoms with Crippen LogP contribution in [0.5, 0.6) is 5.75 Å². The molecule has 45 heavy (non-hydrogen) atoms. The summed E-state index contributed by atoms with van der Waals surface area (Å²) in [6.45, 7) is 3.27. The second kappa shape index (κ2) is 13.0. The summed E-state index contributed by atoms with van der Waals surface area (Å²) in [5.41, 5.74) is 2.84. The summed E-state index contributed by atoms with van der Waals surface area (Å²) in [5, 5.41) is 3.61. The van der Waals surface area contributed by atoms with E-state index in [2.05, 4.69) is 14.8 Å². The zero-order valence-electron chi connectivity index (χ0n) is 25.4. The van der Waals surface area contributed by atoms with E-state index in [4.69, 9.17) is 37.7 Å². The van der Waals surface area contributed by atoms with E-state index in [0.717, 1.165) is 30.7 Å². The molecule has 11 heteroatoms. The third-order valence-electron chi connectivity index (χ3n) is 8.99. The number of anilines is 1. The molecule has 4 aromatic rings. The van der Waals surface area contributed by atoms with E-state index in [0.29, 0.717) is 58.4 Å². The monoisotopic (exact) mass is 652 g/mol. The molecule has 1 amide bonds. The van der Waals surface area contributed by atoms with Gasteiger partial charge in [0, 0.05) is 41.8 Å². The number of aryl methyl sites for hydroxylation is 2. The van der Waals surface area contributed by atoms with Gasteiger partial charge >= 0.3 is 5.97 Å². The zero-order chi connectivity index (χ0) is 31.8. The number of esters is 1. The average Bonchev–Trinajstić information content (AvgIpc) is 3.70. The minimum absolute atomic E-state index is 0.0165. The summed E-state index contributed by atoms with van der Waals surface area (Å²) in [5.74, 6) is 0.0954. The third kappa shape index (κ3) is 6.39. The molecule has 1 aliphatic carbocycles. The van der Waals surface area contributed by atoms with Gasteiger partial charge in [0.1, 0.15) is 23.0 Å². The predicted octanol–water partition coefficient (Wildman–Crippen LogP) is 7.25. The summed E-state index contributed by atoms with van der Waals surface area (Å²) >= 11 is 12.5. The van der Waals surface area contributed by atoms with Crippen molar-refractivity contribution in [3.63, 3.8) is 0 Å². The first kappa shape index (κ1) is 31.3. The second-order valence-corrected chi connectivity index (χ2v) is 12.7. The number of aromatic nitrogens is 2. The Bertz CT molecular complexity index is 1760. The van der Waals surface area contributed by atoms with Crippen LogP contribution in [0, 0.1) is 18.7 Å². The predicted molar refractivity (Wildman–Crippen MR) is 173 cm³/mol. The number of nitrogens with zero attached hydrogens (tertiary/aromatic N) is 3. The molecular weight excluding hydrogens is 618 g/mol. The minimum atomic E-state index is -0.606. The highest BCUT2D eigenvalue weighted by atomic mass is 35.5. The van der Waals surface area contributed by atoms with Gasteiger partial charge in [-0.2, -0.15) is 0 Å². The Labute approximate surface area is 271 Å². The molecule has 8 nitrogen and oxygen atoms in total. The molecule has 1 aliphatic heterocycles. The topological polar surface area (TPSA) is 85.7 Å². The molecule has 1 saturated carbocycles. The number of ether oxygens (including phenoxy) is 2. The lowest BCUT2D eigenvalue weighted by Crippen LogP contribution is -2.46. The molecule has 1 saturated heterocycles. The molecule has 2 fully saturated rings. The van der Waals surface area contributed by atoms with Gasteiger partial charge in [0.05, 0.1) is 36.3 Å². The van der Waals surface area contributed by atoms with Gasteiger partial charge in [0.2, 0.25) is 5.91 Å². The van der Waals surface area contributed by atoms with Crippen LogP contribution in [0.2, 0.25) is 10.0 Å². The van der Waals surface area contributed by atoms with Crippen LogP contribution in [0.4, 0.5) is 10.1 Å². The number of rotatable bonds is 10. The van der Waals surface area contributed by atoms with Crippen molar-refractivity contribution >= 4 is 51.8 Å². The van der Waals surface area contributed by atoms with Crippen molar-refractivity contribution in [1.82, 2.24) is 14.5 Å². The lowest BCUT2D eigenvalue weighted by Gasteiger charge is -2.31. The van der Waals surface area contributed by atoms with Crippen molar-refractivity contribution < 1.29 is 23.5 Å². The Morgan fingerprint density at radius 3 is 2.58 bits per heavy atom. The molecule has 2 aliphatic rings. The van der Waals surface area contributed by atoms with E-state index in [1.165, 1.54) is 20.3 Å². The van der Waals surface area contributed by atoms with Gasteiger partial charge < -0.3 is 19.4 Å². The average molecular weight is 654 g/mol. The van der Waals surface area contributed by atoms with E-state index in [9.17, 15) is 9.59 Å². The Morgan fingerprint density at radius 2 is 1.87 bits per heavy atom. The maximum atomic E-state index is 15.6. The number of likely N-dealkylation sites (tertiary alicyclic amines) is 1. The van der Waals surface area contributed by atoms with E-state index in [-0.39, 0.29) is 17.0 Å².